The molecule has 0 rings (SSSR count). The third-order valence-corrected chi connectivity index (χ3v) is 7.28. The largest absolute Gasteiger partial charge is 0.481 e. The number of hydrogen-bond acceptors (Lipinski definition) is 2. The van der Waals surface area contributed by atoms with E-state index in [1.54, 1.807) is 0 Å². The molecule has 0 spiro atoms. The van der Waals surface area contributed by atoms with Crippen molar-refractivity contribution in [3.8, 4) is 0 Å². The first-order chi connectivity index (χ1) is 21.2. The number of allylic oxidation sites excluding steroid dienone is 14. The minimum absolute atomic E-state index is 0.360. The Labute approximate surface area is 265 Å². The second-order valence-corrected chi connectivity index (χ2v) is 11.2. The zero-order chi connectivity index (χ0) is 31.5. The molecule has 0 bridgehead atoms. The van der Waals surface area contributed by atoms with E-state index in [0.29, 0.717) is 31.3 Å². The van der Waals surface area contributed by atoms with Gasteiger partial charge in [0.25, 0.3) is 0 Å². The fourth-order valence-electron chi connectivity index (χ4n) is 4.63. The molecule has 3 heteroatoms. The van der Waals surface area contributed by atoms with E-state index in [2.05, 4.69) is 86.8 Å². The highest BCUT2D eigenvalue weighted by atomic mass is 16.4. The Morgan fingerprint density at radius 2 is 0.907 bits per heavy atom. The first-order valence-corrected chi connectivity index (χ1v) is 17.2. The molecule has 0 radical (unpaired) electrons. The van der Waals surface area contributed by atoms with Crippen LogP contribution in [0.25, 0.3) is 0 Å². The van der Waals surface area contributed by atoms with E-state index in [1.807, 2.05) is 18.1 Å². The maximum atomic E-state index is 11.8. The highest BCUT2D eigenvalue weighted by molar-refractivity contribution is 5.77. The summed E-state index contributed by atoms with van der Waals surface area (Å²) in [5, 5.41) is 9.66. The van der Waals surface area contributed by atoms with Crippen molar-refractivity contribution in [3.63, 3.8) is 0 Å². The molecule has 0 saturated heterocycles. The van der Waals surface area contributed by atoms with E-state index < -0.39 is 11.9 Å². The molecule has 0 amide bonds. The van der Waals surface area contributed by atoms with Gasteiger partial charge in [0.15, 0.2) is 0 Å². The predicted octanol–water partition coefficient (Wildman–Crippen LogP) is 12.2. The number of carboxylic acid groups (broad SMARTS) is 1. The predicted molar refractivity (Wildman–Crippen MR) is 188 cm³/mol. The number of carbonyl (C=O) groups is 1. The molecular formula is C40H62O3. The van der Waals surface area contributed by atoms with Crippen LogP contribution < -0.4 is 0 Å². The van der Waals surface area contributed by atoms with Gasteiger partial charge in [-0.05, 0) is 83.5 Å². The maximum Gasteiger partial charge on any atom is 0.311 e. The molecular weight excluding hydrogens is 528 g/mol. The molecule has 0 aliphatic rings. The van der Waals surface area contributed by atoms with Gasteiger partial charge in [0, 0.05) is 5.57 Å². The number of rotatable bonds is 29. The number of carboxylic acids is 1. The standard InChI is InChI=1S/C40H62O3/c1-3-5-7-9-11-13-15-17-19-21-23-25-27-29-31-33-35-38(37-41)39(40(42)43)36-34-32-30-28-26-24-22-20-18-16-14-12-10-8-6-4-2/h12,14,17-20,23-26,29-32,39H,3-11,13,15-16,21-22,27-28,33-36H2,1-2H3,(H,42,43)/b14-12-,19-17?,20-18-,25-23?,26-24-,31-29?,32-30-. The number of aliphatic carboxylic acids is 1. The summed E-state index contributed by atoms with van der Waals surface area (Å²) in [5.41, 5.74) is 0.360. The highest BCUT2D eigenvalue weighted by Crippen LogP contribution is 2.21. The summed E-state index contributed by atoms with van der Waals surface area (Å²) in [6, 6.07) is 0. The van der Waals surface area contributed by atoms with Crippen LogP contribution in [0.5, 0.6) is 0 Å². The Bertz CT molecular complexity index is 906. The second-order valence-electron chi connectivity index (χ2n) is 11.2. The van der Waals surface area contributed by atoms with Crippen LogP contribution in [0, 0.1) is 5.92 Å². The van der Waals surface area contributed by atoms with Crippen LogP contribution in [0.3, 0.4) is 0 Å². The molecule has 0 saturated carbocycles. The summed E-state index contributed by atoms with van der Waals surface area (Å²) in [5.74, 6) is 0.222. The van der Waals surface area contributed by atoms with Crippen molar-refractivity contribution in [1.29, 1.82) is 0 Å². The van der Waals surface area contributed by atoms with Crippen LogP contribution in [0.2, 0.25) is 0 Å². The Morgan fingerprint density at radius 1 is 0.535 bits per heavy atom. The Kier molecular flexibility index (Phi) is 31.3. The summed E-state index contributed by atoms with van der Waals surface area (Å²) >= 11 is 0. The lowest BCUT2D eigenvalue weighted by molar-refractivity contribution is -0.140. The summed E-state index contributed by atoms with van der Waals surface area (Å²) in [6.45, 7) is 4.48. The number of hydrogen-bond donors (Lipinski definition) is 1. The lowest BCUT2D eigenvalue weighted by Gasteiger charge is -2.11. The van der Waals surface area contributed by atoms with Crippen molar-refractivity contribution >= 4 is 11.9 Å². The molecule has 0 heterocycles. The van der Waals surface area contributed by atoms with Gasteiger partial charge in [-0.25, -0.2) is 4.79 Å². The van der Waals surface area contributed by atoms with Gasteiger partial charge in [-0.15, -0.1) is 0 Å². The van der Waals surface area contributed by atoms with Gasteiger partial charge in [0.2, 0.25) is 0 Å². The summed E-state index contributed by atoms with van der Waals surface area (Å²) in [4.78, 5) is 23.3. The second kappa shape index (κ2) is 33.6. The first-order valence-electron chi connectivity index (χ1n) is 17.2. The average molecular weight is 591 g/mol. The van der Waals surface area contributed by atoms with Crippen LogP contribution >= 0.6 is 0 Å². The van der Waals surface area contributed by atoms with Crippen molar-refractivity contribution in [3.05, 3.63) is 90.6 Å². The van der Waals surface area contributed by atoms with E-state index >= 15 is 0 Å². The van der Waals surface area contributed by atoms with E-state index in [1.165, 1.54) is 70.6 Å². The van der Waals surface area contributed by atoms with Crippen LogP contribution in [-0.4, -0.2) is 17.0 Å². The Hall–Kier alpha value is -2.90. The lowest BCUT2D eigenvalue weighted by atomic mass is 9.91. The van der Waals surface area contributed by atoms with Crippen molar-refractivity contribution in [1.82, 2.24) is 0 Å². The Balaban J connectivity index is 4.08. The van der Waals surface area contributed by atoms with Crippen LogP contribution in [0.15, 0.2) is 90.6 Å². The molecule has 1 atom stereocenters. The summed E-state index contributed by atoms with van der Waals surface area (Å²) < 4.78 is 0. The topological polar surface area (TPSA) is 54.4 Å². The van der Waals surface area contributed by atoms with E-state index in [4.69, 9.17) is 0 Å². The molecule has 0 aromatic rings. The smallest absolute Gasteiger partial charge is 0.311 e. The fourth-order valence-corrected chi connectivity index (χ4v) is 4.63. The molecule has 0 fully saturated rings. The van der Waals surface area contributed by atoms with Crippen molar-refractivity contribution in [2.45, 2.75) is 142 Å². The first kappa shape index (κ1) is 40.1. The number of unbranched alkanes of at least 4 members (excludes halogenated alkanes) is 9. The monoisotopic (exact) mass is 590 g/mol. The molecule has 0 aliphatic heterocycles. The minimum Gasteiger partial charge on any atom is -0.481 e. The third kappa shape index (κ3) is 29.0. The summed E-state index contributed by atoms with van der Waals surface area (Å²) in [6.07, 6.45) is 51.2. The molecule has 1 N–H and O–H groups in total. The summed E-state index contributed by atoms with van der Waals surface area (Å²) in [7, 11) is 0. The number of carbonyl (C=O) groups excluding carboxylic acids is 1. The van der Waals surface area contributed by atoms with Gasteiger partial charge >= 0.3 is 5.97 Å². The molecule has 43 heavy (non-hydrogen) atoms. The maximum absolute atomic E-state index is 11.8. The van der Waals surface area contributed by atoms with Crippen molar-refractivity contribution in [2.24, 2.45) is 5.92 Å². The van der Waals surface area contributed by atoms with Gasteiger partial charge in [-0.1, -0.05) is 144 Å². The lowest BCUT2D eigenvalue weighted by Crippen LogP contribution is -2.16. The van der Waals surface area contributed by atoms with Crippen LogP contribution in [-0.2, 0) is 9.59 Å². The van der Waals surface area contributed by atoms with E-state index in [0.717, 1.165) is 32.1 Å². The SMILES string of the molecule is CCCCC/C=C\C/C=C\C/C=C\C/C=C\CCC(C(=O)O)C(=C=O)CCC=CCC=CCC=CCCCCCCCC. The van der Waals surface area contributed by atoms with Gasteiger partial charge < -0.3 is 5.11 Å². The average Bonchev–Trinajstić information content (AvgIpc) is 3.00. The highest BCUT2D eigenvalue weighted by Gasteiger charge is 2.22. The Morgan fingerprint density at radius 3 is 1.37 bits per heavy atom. The van der Waals surface area contributed by atoms with Gasteiger partial charge in [0.05, 0.1) is 5.92 Å². The quantitative estimate of drug-likeness (QED) is 0.0535. The molecule has 3 nitrogen and oxygen atoms in total. The van der Waals surface area contributed by atoms with Gasteiger partial charge in [-0.3, -0.25) is 4.79 Å². The minimum atomic E-state index is -0.939. The van der Waals surface area contributed by atoms with Gasteiger partial charge in [0.1, 0.15) is 5.94 Å². The van der Waals surface area contributed by atoms with Gasteiger partial charge in [-0.2, -0.15) is 0 Å². The van der Waals surface area contributed by atoms with Crippen molar-refractivity contribution < 1.29 is 14.7 Å². The normalized spacial score (nSPS) is 13.3. The van der Waals surface area contributed by atoms with E-state index in [-0.39, 0.29) is 0 Å². The van der Waals surface area contributed by atoms with E-state index in [9.17, 15) is 14.7 Å². The van der Waals surface area contributed by atoms with Crippen LogP contribution in [0.1, 0.15) is 142 Å². The zero-order valence-corrected chi connectivity index (χ0v) is 27.6. The van der Waals surface area contributed by atoms with Crippen molar-refractivity contribution in [2.75, 3.05) is 0 Å². The zero-order valence-electron chi connectivity index (χ0n) is 27.6. The molecule has 0 aliphatic carbocycles. The third-order valence-electron chi connectivity index (χ3n) is 7.28. The molecule has 0 aromatic heterocycles. The molecule has 0 aromatic carbocycles. The molecule has 1 unspecified atom stereocenters. The van der Waals surface area contributed by atoms with Crippen LogP contribution in [0.4, 0.5) is 0 Å². The fraction of sp³-hybridized carbons (Fsp3) is 0.575. The molecule has 240 valence electrons.